The number of ketones is 1. The summed E-state index contributed by atoms with van der Waals surface area (Å²) in [7, 11) is 0. The monoisotopic (exact) mass is 416 g/mol. The van der Waals surface area contributed by atoms with Gasteiger partial charge >= 0.3 is 0 Å². The van der Waals surface area contributed by atoms with Crippen molar-refractivity contribution >= 4 is 5.78 Å². The standard InChI is InChI=1S/C22H24N8O/c1-3-7-19(31)22-24-20(8-4-2)30(27-22)14-16-12-11-15(13-23-16)17-9-5-6-10-18(17)21-25-28-29-26-21/h5-6,9-13H,3-4,7-8,14H2,1-2H3,(H,25,26,28,29). The van der Waals surface area contributed by atoms with Gasteiger partial charge in [0.25, 0.3) is 0 Å². The van der Waals surface area contributed by atoms with Crippen molar-refractivity contribution in [2.24, 2.45) is 0 Å². The van der Waals surface area contributed by atoms with Gasteiger partial charge in [-0.2, -0.15) is 5.21 Å². The molecule has 0 aliphatic carbocycles. The maximum atomic E-state index is 12.2. The molecule has 0 unspecified atom stereocenters. The fourth-order valence-electron chi connectivity index (χ4n) is 3.40. The summed E-state index contributed by atoms with van der Waals surface area (Å²) in [4.78, 5) is 21.3. The summed E-state index contributed by atoms with van der Waals surface area (Å²) in [5.74, 6) is 1.64. The van der Waals surface area contributed by atoms with E-state index in [1.165, 1.54) is 0 Å². The fourth-order valence-corrected chi connectivity index (χ4v) is 3.40. The Morgan fingerprint density at radius 2 is 1.90 bits per heavy atom. The molecule has 31 heavy (non-hydrogen) atoms. The van der Waals surface area contributed by atoms with Crippen molar-refractivity contribution in [1.82, 2.24) is 40.4 Å². The number of carbonyl (C=O) groups is 1. The van der Waals surface area contributed by atoms with Crippen LogP contribution in [0.5, 0.6) is 0 Å². The molecule has 9 heteroatoms. The molecule has 0 radical (unpaired) electrons. The van der Waals surface area contributed by atoms with Crippen LogP contribution < -0.4 is 0 Å². The molecule has 0 amide bonds. The van der Waals surface area contributed by atoms with Gasteiger partial charge in [-0.3, -0.25) is 9.78 Å². The summed E-state index contributed by atoms with van der Waals surface area (Å²) in [6, 6.07) is 11.8. The predicted octanol–water partition coefficient (Wildman–Crippen LogP) is 3.50. The van der Waals surface area contributed by atoms with E-state index in [4.69, 9.17) is 0 Å². The average Bonchev–Trinajstić information content (AvgIpc) is 3.46. The van der Waals surface area contributed by atoms with E-state index in [0.29, 0.717) is 24.6 Å². The highest BCUT2D eigenvalue weighted by molar-refractivity contribution is 5.92. The summed E-state index contributed by atoms with van der Waals surface area (Å²) in [6.07, 6.45) is 4.77. The summed E-state index contributed by atoms with van der Waals surface area (Å²) in [5, 5.41) is 18.8. The van der Waals surface area contributed by atoms with E-state index >= 15 is 0 Å². The summed E-state index contributed by atoms with van der Waals surface area (Å²) >= 11 is 0. The molecule has 3 aromatic heterocycles. The zero-order chi connectivity index (χ0) is 21.6. The molecule has 9 nitrogen and oxygen atoms in total. The molecule has 0 saturated heterocycles. The zero-order valence-electron chi connectivity index (χ0n) is 17.6. The Bertz CT molecular complexity index is 1150. The lowest BCUT2D eigenvalue weighted by molar-refractivity contribution is 0.0971. The van der Waals surface area contributed by atoms with Crippen molar-refractivity contribution in [3.63, 3.8) is 0 Å². The average molecular weight is 416 g/mol. The number of aromatic nitrogens is 8. The molecule has 3 heterocycles. The molecule has 0 aliphatic heterocycles. The molecule has 1 aromatic carbocycles. The van der Waals surface area contributed by atoms with Crippen molar-refractivity contribution in [3.8, 4) is 22.5 Å². The Labute approximate surface area is 180 Å². The molecule has 0 saturated carbocycles. The van der Waals surface area contributed by atoms with E-state index in [0.717, 1.165) is 47.5 Å². The SMILES string of the molecule is CCCC(=O)c1nc(CCC)n(Cc2ccc(-c3ccccc3-c3nn[nH]n3)cn2)n1. The van der Waals surface area contributed by atoms with E-state index in [1.54, 1.807) is 4.68 Å². The number of hydrogen-bond donors (Lipinski definition) is 1. The van der Waals surface area contributed by atoms with Gasteiger partial charge in [-0.15, -0.1) is 15.3 Å². The van der Waals surface area contributed by atoms with Gasteiger partial charge in [0.2, 0.25) is 17.4 Å². The van der Waals surface area contributed by atoms with Gasteiger partial charge in [0.05, 0.1) is 12.2 Å². The molecule has 158 valence electrons. The fraction of sp³-hybridized carbons (Fsp3) is 0.318. The Kier molecular flexibility index (Phi) is 6.21. The normalized spacial score (nSPS) is 11.0. The number of hydrogen-bond acceptors (Lipinski definition) is 7. The lowest BCUT2D eigenvalue weighted by atomic mass is 10.0. The van der Waals surface area contributed by atoms with Gasteiger partial charge in [0.15, 0.2) is 0 Å². The number of carbonyl (C=O) groups excluding carboxylic acids is 1. The van der Waals surface area contributed by atoms with Crippen molar-refractivity contribution in [1.29, 1.82) is 0 Å². The Balaban J connectivity index is 1.58. The minimum Gasteiger partial charge on any atom is -0.291 e. The number of aromatic amines is 1. The molecule has 0 atom stereocenters. The first-order valence-corrected chi connectivity index (χ1v) is 10.4. The van der Waals surface area contributed by atoms with Crippen molar-refractivity contribution < 1.29 is 4.79 Å². The van der Waals surface area contributed by atoms with E-state index in [2.05, 4.69) is 42.6 Å². The molecule has 0 aliphatic rings. The Hall–Kier alpha value is -3.75. The molecule has 1 N–H and O–H groups in total. The molecule has 0 spiro atoms. The number of aryl methyl sites for hydroxylation is 1. The zero-order valence-corrected chi connectivity index (χ0v) is 17.6. The van der Waals surface area contributed by atoms with Crippen LogP contribution in [0, 0.1) is 0 Å². The summed E-state index contributed by atoms with van der Waals surface area (Å²) < 4.78 is 1.79. The Morgan fingerprint density at radius 1 is 1.06 bits per heavy atom. The lowest BCUT2D eigenvalue weighted by Gasteiger charge is -2.08. The molecular weight excluding hydrogens is 392 g/mol. The third kappa shape index (κ3) is 4.55. The Morgan fingerprint density at radius 3 is 2.58 bits per heavy atom. The van der Waals surface area contributed by atoms with Crippen LogP contribution in [-0.4, -0.2) is 46.2 Å². The number of nitrogens with zero attached hydrogens (tertiary/aromatic N) is 7. The lowest BCUT2D eigenvalue weighted by Crippen LogP contribution is -2.09. The van der Waals surface area contributed by atoms with Gasteiger partial charge in [-0.1, -0.05) is 44.2 Å². The number of rotatable bonds is 9. The minimum atomic E-state index is -0.0139. The van der Waals surface area contributed by atoms with Crippen LogP contribution in [0.2, 0.25) is 0 Å². The molecule has 0 fully saturated rings. The van der Waals surface area contributed by atoms with Crippen LogP contribution in [0.4, 0.5) is 0 Å². The van der Waals surface area contributed by atoms with E-state index in [9.17, 15) is 4.79 Å². The first-order chi connectivity index (χ1) is 15.2. The largest absolute Gasteiger partial charge is 0.291 e. The smallest absolute Gasteiger partial charge is 0.217 e. The first kappa shape index (κ1) is 20.5. The van der Waals surface area contributed by atoms with Crippen LogP contribution in [0.3, 0.4) is 0 Å². The summed E-state index contributed by atoms with van der Waals surface area (Å²) in [5.41, 5.74) is 3.65. The van der Waals surface area contributed by atoms with Gasteiger partial charge in [0.1, 0.15) is 5.82 Å². The van der Waals surface area contributed by atoms with E-state index in [1.807, 2.05) is 49.5 Å². The van der Waals surface area contributed by atoms with Crippen LogP contribution in [0.25, 0.3) is 22.5 Å². The van der Waals surface area contributed by atoms with Crippen molar-refractivity contribution in [2.45, 2.75) is 46.1 Å². The van der Waals surface area contributed by atoms with Gasteiger partial charge < -0.3 is 0 Å². The molecular formula is C22H24N8O. The number of pyridine rings is 1. The second-order valence-electron chi connectivity index (χ2n) is 7.25. The first-order valence-electron chi connectivity index (χ1n) is 10.4. The topological polar surface area (TPSA) is 115 Å². The highest BCUT2D eigenvalue weighted by Crippen LogP contribution is 2.29. The van der Waals surface area contributed by atoms with Gasteiger partial charge in [-0.05, 0) is 29.7 Å². The maximum absolute atomic E-state index is 12.2. The third-order valence-corrected chi connectivity index (χ3v) is 4.91. The quantitative estimate of drug-likeness (QED) is 0.415. The van der Waals surface area contributed by atoms with Crippen molar-refractivity contribution in [2.75, 3.05) is 0 Å². The van der Waals surface area contributed by atoms with E-state index in [-0.39, 0.29) is 5.78 Å². The summed E-state index contributed by atoms with van der Waals surface area (Å²) in [6.45, 7) is 4.53. The number of H-pyrrole nitrogens is 1. The number of tetrazole rings is 1. The van der Waals surface area contributed by atoms with Gasteiger partial charge in [0, 0.05) is 30.2 Å². The highest BCUT2D eigenvalue weighted by Gasteiger charge is 2.16. The van der Waals surface area contributed by atoms with Gasteiger partial charge in [-0.25, -0.2) is 9.67 Å². The van der Waals surface area contributed by atoms with Crippen LogP contribution in [0.1, 0.15) is 55.2 Å². The molecule has 4 rings (SSSR count). The van der Waals surface area contributed by atoms with Crippen molar-refractivity contribution in [3.05, 3.63) is 59.9 Å². The second kappa shape index (κ2) is 9.38. The number of Topliss-reactive ketones (excluding diaryl/α,β-unsaturated/α-hetero) is 1. The number of benzene rings is 1. The maximum Gasteiger partial charge on any atom is 0.217 e. The predicted molar refractivity (Wildman–Crippen MR) is 115 cm³/mol. The van der Waals surface area contributed by atoms with Crippen LogP contribution in [-0.2, 0) is 13.0 Å². The number of nitrogens with one attached hydrogen (secondary N) is 1. The van der Waals surface area contributed by atoms with E-state index < -0.39 is 0 Å². The van der Waals surface area contributed by atoms with Crippen LogP contribution >= 0.6 is 0 Å². The molecule has 0 bridgehead atoms. The van der Waals surface area contributed by atoms with Crippen LogP contribution in [0.15, 0.2) is 42.6 Å². The third-order valence-electron chi connectivity index (χ3n) is 4.91. The minimum absolute atomic E-state index is 0.0139. The molecule has 4 aromatic rings. The highest BCUT2D eigenvalue weighted by atomic mass is 16.1. The second-order valence-corrected chi connectivity index (χ2v) is 7.25.